The monoisotopic (exact) mass is 422 g/mol. The molecule has 0 aliphatic carbocycles. The molecule has 1 amide bonds. The maximum Gasteiger partial charge on any atom is 0.218 e. The summed E-state index contributed by atoms with van der Waals surface area (Å²) in [7, 11) is 0. The summed E-state index contributed by atoms with van der Waals surface area (Å²) >= 11 is 0. The van der Waals surface area contributed by atoms with Gasteiger partial charge in [0.1, 0.15) is 5.75 Å². The van der Waals surface area contributed by atoms with Crippen LogP contribution in [0.2, 0.25) is 0 Å². The predicted molar refractivity (Wildman–Crippen MR) is 126 cm³/mol. The third-order valence-electron chi connectivity index (χ3n) is 7.28. The van der Waals surface area contributed by atoms with Crippen molar-refractivity contribution in [3.05, 3.63) is 101 Å². The number of benzene rings is 3. The molecular weight excluding hydrogens is 396 g/mol. The number of para-hydroxylation sites is 2. The van der Waals surface area contributed by atoms with Crippen LogP contribution in [0.5, 0.6) is 5.75 Å². The summed E-state index contributed by atoms with van der Waals surface area (Å²) in [5.74, 6) is 0.923. The Kier molecular flexibility index (Phi) is 4.03. The van der Waals surface area contributed by atoms with E-state index in [2.05, 4.69) is 78.3 Å². The number of amides is 1. The Bertz CT molecular complexity index is 1370. The zero-order valence-corrected chi connectivity index (χ0v) is 18.6. The van der Waals surface area contributed by atoms with Gasteiger partial charge in [-0.3, -0.25) is 4.79 Å². The van der Waals surface area contributed by atoms with Gasteiger partial charge in [-0.25, -0.2) is 0 Å². The maximum absolute atomic E-state index is 12.7. The number of nitrogens with zero attached hydrogens (tertiary/aromatic N) is 1. The van der Waals surface area contributed by atoms with Crippen LogP contribution in [0.15, 0.2) is 72.8 Å². The van der Waals surface area contributed by atoms with Gasteiger partial charge in [-0.2, -0.15) is 0 Å². The van der Waals surface area contributed by atoms with Crippen molar-refractivity contribution < 1.29 is 9.53 Å². The molecule has 1 N–H and O–H groups in total. The molecule has 4 heteroatoms. The van der Waals surface area contributed by atoms with Crippen LogP contribution in [-0.4, -0.2) is 17.1 Å². The van der Waals surface area contributed by atoms with E-state index in [-0.39, 0.29) is 17.7 Å². The van der Waals surface area contributed by atoms with E-state index >= 15 is 0 Å². The molecule has 3 aromatic carbocycles. The third-order valence-corrected chi connectivity index (χ3v) is 7.28. The molecule has 0 spiro atoms. The van der Waals surface area contributed by atoms with Gasteiger partial charge in [0.15, 0.2) is 5.66 Å². The number of carbonyl (C=O) groups excluding carboxylic acids is 1. The summed E-state index contributed by atoms with van der Waals surface area (Å²) in [5.41, 5.74) is 6.47. The van der Waals surface area contributed by atoms with E-state index in [1.807, 2.05) is 18.2 Å². The number of hydrogen-bond donors (Lipinski definition) is 1. The number of rotatable bonds is 2. The molecule has 0 saturated carbocycles. The minimum Gasteiger partial charge on any atom is -0.493 e. The van der Waals surface area contributed by atoms with Gasteiger partial charge in [0.2, 0.25) is 5.91 Å². The Labute approximate surface area is 187 Å². The molecule has 3 heterocycles. The second-order valence-electron chi connectivity index (χ2n) is 9.11. The van der Waals surface area contributed by atoms with Crippen molar-refractivity contribution >= 4 is 16.8 Å². The van der Waals surface area contributed by atoms with Crippen LogP contribution in [0, 0.1) is 19.8 Å². The van der Waals surface area contributed by atoms with Crippen LogP contribution in [-0.2, 0) is 10.5 Å². The summed E-state index contributed by atoms with van der Waals surface area (Å²) in [6, 6.07) is 25.5. The molecule has 0 unspecified atom stereocenters. The van der Waals surface area contributed by atoms with Crippen molar-refractivity contribution in [2.45, 2.75) is 32.4 Å². The molecule has 3 atom stereocenters. The van der Waals surface area contributed by atoms with Gasteiger partial charge in [0.25, 0.3) is 0 Å². The molecule has 32 heavy (non-hydrogen) atoms. The molecule has 4 aromatic rings. The van der Waals surface area contributed by atoms with Gasteiger partial charge in [-0.05, 0) is 37.1 Å². The molecule has 2 aliphatic heterocycles. The predicted octanol–water partition coefficient (Wildman–Crippen LogP) is 5.25. The SMILES string of the molecule is CC(=O)N[C@]12c3ccccc3OC[C@H]1[C@@H](c1ccc(C)cc1)c1c(C)c3ccccc3n12. The van der Waals surface area contributed by atoms with Gasteiger partial charge in [-0.1, -0.05) is 66.2 Å². The van der Waals surface area contributed by atoms with E-state index in [0.717, 1.165) is 16.8 Å². The Morgan fingerprint density at radius 1 is 1.00 bits per heavy atom. The van der Waals surface area contributed by atoms with Gasteiger partial charge in [0, 0.05) is 29.5 Å². The molecule has 1 aromatic heterocycles. The summed E-state index contributed by atoms with van der Waals surface area (Å²) in [4.78, 5) is 12.7. The highest BCUT2D eigenvalue weighted by molar-refractivity contribution is 5.88. The second-order valence-corrected chi connectivity index (χ2v) is 9.11. The van der Waals surface area contributed by atoms with Gasteiger partial charge >= 0.3 is 0 Å². The first-order chi connectivity index (χ1) is 15.5. The fraction of sp³-hybridized carbons (Fsp3) is 0.250. The summed E-state index contributed by atoms with van der Waals surface area (Å²) in [6.45, 7) is 6.47. The zero-order chi connectivity index (χ0) is 22.0. The number of fused-ring (bicyclic) bond motifs is 7. The molecule has 0 saturated heterocycles. The lowest BCUT2D eigenvalue weighted by atomic mass is 9.75. The van der Waals surface area contributed by atoms with Crippen LogP contribution < -0.4 is 10.1 Å². The molecule has 6 rings (SSSR count). The Morgan fingerprint density at radius 3 is 2.50 bits per heavy atom. The molecule has 0 fully saturated rings. The lowest BCUT2D eigenvalue weighted by molar-refractivity contribution is -0.122. The van der Waals surface area contributed by atoms with Crippen LogP contribution in [0.3, 0.4) is 0 Å². The van der Waals surface area contributed by atoms with Crippen molar-refractivity contribution in [1.29, 1.82) is 0 Å². The van der Waals surface area contributed by atoms with E-state index in [4.69, 9.17) is 4.74 Å². The number of aryl methyl sites for hydroxylation is 2. The Hall–Kier alpha value is -3.53. The van der Waals surface area contributed by atoms with Crippen LogP contribution >= 0.6 is 0 Å². The van der Waals surface area contributed by atoms with E-state index in [1.54, 1.807) is 6.92 Å². The lowest BCUT2D eigenvalue weighted by Gasteiger charge is -2.44. The quantitative estimate of drug-likeness (QED) is 0.479. The molecule has 2 aliphatic rings. The topological polar surface area (TPSA) is 43.3 Å². The van der Waals surface area contributed by atoms with Crippen molar-refractivity contribution in [3.63, 3.8) is 0 Å². The Morgan fingerprint density at radius 2 is 1.72 bits per heavy atom. The number of hydrogen-bond acceptors (Lipinski definition) is 2. The summed E-state index contributed by atoms with van der Waals surface area (Å²) in [6.07, 6.45) is 0. The van der Waals surface area contributed by atoms with Crippen molar-refractivity contribution in [1.82, 2.24) is 9.88 Å². The van der Waals surface area contributed by atoms with E-state index in [9.17, 15) is 4.79 Å². The summed E-state index contributed by atoms with van der Waals surface area (Å²) in [5, 5.41) is 4.66. The molecule has 160 valence electrons. The van der Waals surface area contributed by atoms with Crippen LogP contribution in [0.1, 0.15) is 40.8 Å². The number of nitrogens with one attached hydrogen (secondary N) is 1. The largest absolute Gasteiger partial charge is 0.493 e. The minimum absolute atomic E-state index is 0.0299. The van der Waals surface area contributed by atoms with Crippen LogP contribution in [0.4, 0.5) is 0 Å². The second kappa shape index (κ2) is 6.73. The molecule has 0 bridgehead atoms. The smallest absolute Gasteiger partial charge is 0.218 e. The van der Waals surface area contributed by atoms with Gasteiger partial charge < -0.3 is 14.6 Å². The van der Waals surface area contributed by atoms with Crippen molar-refractivity contribution in [3.8, 4) is 5.75 Å². The molecule has 0 radical (unpaired) electrons. The van der Waals surface area contributed by atoms with Gasteiger partial charge in [-0.15, -0.1) is 0 Å². The fourth-order valence-corrected chi connectivity index (χ4v) is 6.04. The maximum atomic E-state index is 12.7. The van der Waals surface area contributed by atoms with Gasteiger partial charge in [0.05, 0.1) is 18.0 Å². The number of aromatic nitrogens is 1. The average Bonchev–Trinajstić information content (AvgIpc) is 3.25. The third kappa shape index (κ3) is 2.41. The Balaban J connectivity index is 1.75. The van der Waals surface area contributed by atoms with E-state index in [0.29, 0.717) is 6.61 Å². The fourth-order valence-electron chi connectivity index (χ4n) is 6.04. The minimum atomic E-state index is -0.709. The lowest BCUT2D eigenvalue weighted by Crippen LogP contribution is -2.57. The highest BCUT2D eigenvalue weighted by Crippen LogP contribution is 2.57. The first-order valence-corrected chi connectivity index (χ1v) is 11.2. The van der Waals surface area contributed by atoms with E-state index in [1.165, 1.54) is 27.8 Å². The van der Waals surface area contributed by atoms with Crippen molar-refractivity contribution in [2.24, 2.45) is 5.92 Å². The van der Waals surface area contributed by atoms with Crippen LogP contribution in [0.25, 0.3) is 10.9 Å². The van der Waals surface area contributed by atoms with E-state index < -0.39 is 5.66 Å². The highest BCUT2D eigenvalue weighted by atomic mass is 16.5. The molecular formula is C28H26N2O2. The zero-order valence-electron chi connectivity index (χ0n) is 18.6. The summed E-state index contributed by atoms with van der Waals surface area (Å²) < 4.78 is 8.71. The first kappa shape index (κ1) is 19.2. The standard InChI is InChI=1S/C28H26N2O2/c1-17-12-14-20(15-13-17)26-23-16-32-25-11-7-5-9-22(25)28(23,29-19(3)31)30-24-10-6-4-8-21(24)18(2)27(26)30/h4-15,23,26H,16H2,1-3H3,(H,29,31)/t23-,26+,28-/m0/s1. The molecule has 4 nitrogen and oxygen atoms in total. The normalized spacial score (nSPS) is 23.2. The number of ether oxygens (including phenoxy) is 1. The highest BCUT2D eigenvalue weighted by Gasteiger charge is 2.58. The first-order valence-electron chi connectivity index (χ1n) is 11.2. The van der Waals surface area contributed by atoms with Crippen molar-refractivity contribution in [2.75, 3.05) is 6.61 Å². The number of carbonyl (C=O) groups is 1. The average molecular weight is 423 g/mol.